The molecule has 0 amide bonds. The van der Waals surface area contributed by atoms with Crippen molar-refractivity contribution >= 4 is 0 Å². The van der Waals surface area contributed by atoms with Crippen molar-refractivity contribution in [3.63, 3.8) is 0 Å². The van der Waals surface area contributed by atoms with Gasteiger partial charge in [0.05, 0.1) is 14.2 Å². The van der Waals surface area contributed by atoms with Crippen LogP contribution in [-0.4, -0.2) is 14.2 Å². The molecule has 2 N–H and O–H groups in total. The van der Waals surface area contributed by atoms with Crippen molar-refractivity contribution in [1.29, 1.82) is 0 Å². The summed E-state index contributed by atoms with van der Waals surface area (Å²) in [5, 5.41) is 2.28. The smallest absolute Gasteiger partial charge is 0.131 e. The van der Waals surface area contributed by atoms with Crippen molar-refractivity contribution in [2.45, 2.75) is 20.0 Å². The van der Waals surface area contributed by atoms with E-state index in [2.05, 4.69) is 42.6 Å². The number of aryl methyl sites for hydroxylation is 1. The molecule has 0 unspecified atom stereocenters. The van der Waals surface area contributed by atoms with E-state index in [-0.39, 0.29) is 0 Å². The molecule has 106 valence electrons. The number of ether oxygens (including phenoxy) is 2. The van der Waals surface area contributed by atoms with E-state index in [1.165, 1.54) is 16.7 Å². The van der Waals surface area contributed by atoms with E-state index in [9.17, 15) is 0 Å². The molecule has 3 heteroatoms. The second kappa shape index (κ2) is 6.96. The number of quaternary nitrogens is 1. The minimum Gasteiger partial charge on any atom is -0.497 e. The van der Waals surface area contributed by atoms with Crippen LogP contribution in [0.15, 0.2) is 42.5 Å². The van der Waals surface area contributed by atoms with E-state index in [0.717, 1.165) is 24.6 Å². The highest BCUT2D eigenvalue weighted by Crippen LogP contribution is 2.23. The van der Waals surface area contributed by atoms with Gasteiger partial charge in [-0.3, -0.25) is 0 Å². The SMILES string of the molecule is COc1ccc(C[NH2+]Cc2cccc(C)c2)c(OC)c1. The summed E-state index contributed by atoms with van der Waals surface area (Å²) in [6.45, 7) is 3.98. The molecule has 0 radical (unpaired) electrons. The number of hydrogen-bond acceptors (Lipinski definition) is 2. The predicted octanol–water partition coefficient (Wildman–Crippen LogP) is 2.28. The largest absolute Gasteiger partial charge is 0.497 e. The molecule has 2 rings (SSSR count). The van der Waals surface area contributed by atoms with Crippen LogP contribution in [0.25, 0.3) is 0 Å². The van der Waals surface area contributed by atoms with Gasteiger partial charge in [-0.1, -0.05) is 29.8 Å². The first-order valence-electron chi connectivity index (χ1n) is 6.81. The maximum absolute atomic E-state index is 5.41. The van der Waals surface area contributed by atoms with Crippen LogP contribution >= 0.6 is 0 Å². The van der Waals surface area contributed by atoms with E-state index in [4.69, 9.17) is 9.47 Å². The van der Waals surface area contributed by atoms with Gasteiger partial charge in [-0.05, 0) is 19.1 Å². The molecule has 0 aliphatic heterocycles. The lowest BCUT2D eigenvalue weighted by molar-refractivity contribution is -0.686. The Morgan fingerprint density at radius 1 is 0.950 bits per heavy atom. The maximum atomic E-state index is 5.41. The molecule has 0 spiro atoms. The maximum Gasteiger partial charge on any atom is 0.131 e. The first-order valence-corrected chi connectivity index (χ1v) is 6.81. The number of methoxy groups -OCH3 is 2. The van der Waals surface area contributed by atoms with E-state index < -0.39 is 0 Å². The molecule has 2 aromatic carbocycles. The molecule has 3 nitrogen and oxygen atoms in total. The van der Waals surface area contributed by atoms with Gasteiger partial charge in [0.1, 0.15) is 24.6 Å². The molecule has 0 atom stereocenters. The van der Waals surface area contributed by atoms with Crippen LogP contribution in [0.1, 0.15) is 16.7 Å². The molecule has 0 saturated carbocycles. The molecular weight excluding hydrogens is 250 g/mol. The van der Waals surface area contributed by atoms with Crippen LogP contribution in [-0.2, 0) is 13.1 Å². The first kappa shape index (κ1) is 14.4. The van der Waals surface area contributed by atoms with E-state index in [1.807, 2.05) is 12.1 Å². The van der Waals surface area contributed by atoms with Gasteiger partial charge in [0, 0.05) is 17.2 Å². The summed E-state index contributed by atoms with van der Waals surface area (Å²) in [5.74, 6) is 1.70. The Bertz CT molecular complexity index is 567. The minimum atomic E-state index is 0.823. The van der Waals surface area contributed by atoms with E-state index >= 15 is 0 Å². The fraction of sp³-hybridized carbons (Fsp3) is 0.294. The van der Waals surface area contributed by atoms with Crippen LogP contribution in [0.2, 0.25) is 0 Å². The molecule has 0 heterocycles. The summed E-state index contributed by atoms with van der Waals surface area (Å²) in [4.78, 5) is 0. The molecule has 2 aromatic rings. The Balaban J connectivity index is 1.97. The topological polar surface area (TPSA) is 35.1 Å². The van der Waals surface area contributed by atoms with Gasteiger partial charge in [0.2, 0.25) is 0 Å². The highest BCUT2D eigenvalue weighted by atomic mass is 16.5. The normalized spacial score (nSPS) is 10.3. The summed E-state index contributed by atoms with van der Waals surface area (Å²) in [7, 11) is 3.36. The number of benzene rings is 2. The molecule has 0 bridgehead atoms. The Labute approximate surface area is 120 Å². The highest BCUT2D eigenvalue weighted by Gasteiger charge is 2.06. The van der Waals surface area contributed by atoms with Gasteiger partial charge in [0.25, 0.3) is 0 Å². The quantitative estimate of drug-likeness (QED) is 0.875. The Morgan fingerprint density at radius 2 is 1.80 bits per heavy atom. The second-order valence-corrected chi connectivity index (χ2v) is 4.86. The molecule has 20 heavy (non-hydrogen) atoms. The Hall–Kier alpha value is -2.00. The average Bonchev–Trinajstić information content (AvgIpc) is 2.47. The first-order chi connectivity index (χ1) is 9.72. The predicted molar refractivity (Wildman–Crippen MR) is 80.1 cm³/mol. The number of rotatable bonds is 6. The van der Waals surface area contributed by atoms with Gasteiger partial charge in [-0.25, -0.2) is 0 Å². The molecule has 0 aliphatic rings. The van der Waals surface area contributed by atoms with Gasteiger partial charge >= 0.3 is 0 Å². The molecule has 0 aromatic heterocycles. The zero-order valence-electron chi connectivity index (χ0n) is 12.3. The standard InChI is InChI=1S/C17H21NO2/c1-13-5-4-6-14(9-13)11-18-12-15-7-8-16(19-2)10-17(15)20-3/h4-10,18H,11-12H2,1-3H3/p+1. The lowest BCUT2D eigenvalue weighted by atomic mass is 10.1. The van der Waals surface area contributed by atoms with Crippen molar-refractivity contribution in [1.82, 2.24) is 0 Å². The van der Waals surface area contributed by atoms with Gasteiger partial charge < -0.3 is 14.8 Å². The van der Waals surface area contributed by atoms with Crippen molar-refractivity contribution in [2.75, 3.05) is 14.2 Å². The minimum absolute atomic E-state index is 0.823. The second-order valence-electron chi connectivity index (χ2n) is 4.86. The molecule has 0 fully saturated rings. The lowest BCUT2D eigenvalue weighted by Gasteiger charge is -2.09. The van der Waals surface area contributed by atoms with Crippen molar-refractivity contribution in [3.8, 4) is 11.5 Å². The third-order valence-electron chi connectivity index (χ3n) is 3.32. The molecular formula is C17H22NO2+. The number of hydrogen-bond donors (Lipinski definition) is 1. The monoisotopic (exact) mass is 272 g/mol. The summed E-state index contributed by atoms with van der Waals surface area (Å²) < 4.78 is 10.6. The van der Waals surface area contributed by atoms with Gasteiger partial charge in [0.15, 0.2) is 0 Å². The summed E-state index contributed by atoms with van der Waals surface area (Å²) in [5.41, 5.74) is 3.83. The summed E-state index contributed by atoms with van der Waals surface area (Å²) in [6, 6.07) is 14.6. The van der Waals surface area contributed by atoms with Crippen LogP contribution in [0.3, 0.4) is 0 Å². The zero-order chi connectivity index (χ0) is 14.4. The third-order valence-corrected chi connectivity index (χ3v) is 3.32. The number of nitrogens with two attached hydrogens (primary N) is 1. The van der Waals surface area contributed by atoms with Gasteiger partial charge in [-0.15, -0.1) is 0 Å². The van der Waals surface area contributed by atoms with Gasteiger partial charge in [-0.2, -0.15) is 0 Å². The molecule has 0 saturated heterocycles. The van der Waals surface area contributed by atoms with Crippen molar-refractivity contribution < 1.29 is 14.8 Å². The fourth-order valence-electron chi connectivity index (χ4n) is 2.25. The Morgan fingerprint density at radius 3 is 2.50 bits per heavy atom. The zero-order valence-corrected chi connectivity index (χ0v) is 12.3. The third kappa shape index (κ3) is 3.75. The van der Waals surface area contributed by atoms with E-state index in [0.29, 0.717) is 0 Å². The highest BCUT2D eigenvalue weighted by molar-refractivity contribution is 5.40. The van der Waals surface area contributed by atoms with Crippen LogP contribution in [0.5, 0.6) is 11.5 Å². The Kier molecular flexibility index (Phi) is 5.02. The van der Waals surface area contributed by atoms with E-state index in [1.54, 1.807) is 14.2 Å². The van der Waals surface area contributed by atoms with Crippen molar-refractivity contribution in [2.24, 2.45) is 0 Å². The fourth-order valence-corrected chi connectivity index (χ4v) is 2.25. The van der Waals surface area contributed by atoms with Crippen LogP contribution in [0, 0.1) is 6.92 Å². The van der Waals surface area contributed by atoms with Crippen molar-refractivity contribution in [3.05, 3.63) is 59.2 Å². The molecule has 0 aliphatic carbocycles. The lowest BCUT2D eigenvalue weighted by Crippen LogP contribution is -2.80. The van der Waals surface area contributed by atoms with Crippen LogP contribution < -0.4 is 14.8 Å². The average molecular weight is 272 g/mol. The van der Waals surface area contributed by atoms with Crippen LogP contribution in [0.4, 0.5) is 0 Å². The summed E-state index contributed by atoms with van der Waals surface area (Å²) >= 11 is 0. The summed E-state index contributed by atoms with van der Waals surface area (Å²) in [6.07, 6.45) is 0.